The molecule has 166 valence electrons. The number of unbranched alkanes of at least 4 members (excludes halogenated alkanes) is 2. The fourth-order valence-corrected chi connectivity index (χ4v) is 5.59. The molecule has 0 N–H and O–H groups in total. The van der Waals surface area contributed by atoms with Crippen LogP contribution in [0, 0.1) is 17.8 Å². The summed E-state index contributed by atoms with van der Waals surface area (Å²) in [4.78, 5) is 0. The fourth-order valence-electron chi connectivity index (χ4n) is 5.59. The Bertz CT molecular complexity index is 612. The summed E-state index contributed by atoms with van der Waals surface area (Å²) in [6.07, 6.45) is 23.0. The molecular formula is C29H44O. The second kappa shape index (κ2) is 13.2. The predicted molar refractivity (Wildman–Crippen MR) is 130 cm³/mol. The molecular weight excluding hydrogens is 364 g/mol. The Morgan fingerprint density at radius 3 is 2.20 bits per heavy atom. The van der Waals surface area contributed by atoms with Crippen LogP contribution in [-0.2, 0) is 11.3 Å². The Morgan fingerprint density at radius 2 is 1.57 bits per heavy atom. The van der Waals surface area contributed by atoms with Crippen molar-refractivity contribution in [3.05, 3.63) is 60.2 Å². The summed E-state index contributed by atoms with van der Waals surface area (Å²) in [7, 11) is 0. The summed E-state index contributed by atoms with van der Waals surface area (Å²) in [6, 6.07) is 9.28. The maximum Gasteiger partial charge on any atom is 0.0716 e. The zero-order valence-electron chi connectivity index (χ0n) is 19.4. The molecule has 0 bridgehead atoms. The molecule has 0 spiro atoms. The van der Waals surface area contributed by atoms with E-state index >= 15 is 0 Å². The van der Waals surface area contributed by atoms with Crippen LogP contribution in [0.5, 0.6) is 0 Å². The van der Waals surface area contributed by atoms with E-state index in [0.29, 0.717) is 0 Å². The first-order valence-electron chi connectivity index (χ1n) is 12.7. The minimum atomic E-state index is 0.737. The van der Waals surface area contributed by atoms with Gasteiger partial charge in [-0.25, -0.2) is 0 Å². The smallest absolute Gasteiger partial charge is 0.0716 e. The lowest BCUT2D eigenvalue weighted by Crippen LogP contribution is -2.25. The summed E-state index contributed by atoms with van der Waals surface area (Å²) >= 11 is 0. The van der Waals surface area contributed by atoms with Crippen LogP contribution < -0.4 is 0 Å². The van der Waals surface area contributed by atoms with Gasteiger partial charge < -0.3 is 4.74 Å². The highest BCUT2D eigenvalue weighted by Gasteiger charge is 2.30. The van der Waals surface area contributed by atoms with Crippen LogP contribution in [-0.4, -0.2) is 6.61 Å². The Hall–Kier alpha value is -1.34. The molecule has 1 nitrogen and oxygen atoms in total. The molecule has 1 aromatic carbocycles. The van der Waals surface area contributed by atoms with Crippen molar-refractivity contribution in [1.82, 2.24) is 0 Å². The lowest BCUT2D eigenvalue weighted by molar-refractivity contribution is 0.119. The van der Waals surface area contributed by atoms with Crippen molar-refractivity contribution < 1.29 is 4.74 Å². The van der Waals surface area contributed by atoms with Crippen LogP contribution in [0.1, 0.15) is 101 Å². The van der Waals surface area contributed by atoms with Gasteiger partial charge in [-0.2, -0.15) is 0 Å². The van der Waals surface area contributed by atoms with E-state index in [0.717, 1.165) is 49.7 Å². The molecule has 3 rings (SSSR count). The highest BCUT2D eigenvalue weighted by molar-refractivity contribution is 5.25. The Balaban J connectivity index is 1.36. The number of ether oxygens (including phenoxy) is 1. The third-order valence-corrected chi connectivity index (χ3v) is 7.54. The molecule has 0 aliphatic heterocycles. The van der Waals surface area contributed by atoms with Crippen molar-refractivity contribution >= 4 is 0 Å². The molecule has 30 heavy (non-hydrogen) atoms. The van der Waals surface area contributed by atoms with Gasteiger partial charge in [-0.1, -0.05) is 55.8 Å². The third-order valence-electron chi connectivity index (χ3n) is 7.54. The fraction of sp³-hybridized carbons (Fsp3) is 0.655. The average molecular weight is 409 g/mol. The maximum atomic E-state index is 5.77. The first kappa shape index (κ1) is 23.3. The molecule has 0 unspecified atom stereocenters. The van der Waals surface area contributed by atoms with Gasteiger partial charge in [0.1, 0.15) is 0 Å². The molecule has 0 amide bonds. The van der Waals surface area contributed by atoms with Gasteiger partial charge in [-0.05, 0) is 105 Å². The second-order valence-corrected chi connectivity index (χ2v) is 9.73. The summed E-state index contributed by atoms with van der Waals surface area (Å²) < 4.78 is 5.77. The van der Waals surface area contributed by atoms with Gasteiger partial charge in [0.15, 0.2) is 0 Å². The normalized spacial score (nSPS) is 27.4. The van der Waals surface area contributed by atoms with Gasteiger partial charge in [0.2, 0.25) is 0 Å². The van der Waals surface area contributed by atoms with E-state index in [9.17, 15) is 0 Å². The van der Waals surface area contributed by atoms with Gasteiger partial charge in [0, 0.05) is 6.61 Å². The highest BCUT2D eigenvalue weighted by Crippen LogP contribution is 2.44. The lowest BCUT2D eigenvalue weighted by Gasteiger charge is -2.37. The Labute approximate surface area is 186 Å². The summed E-state index contributed by atoms with van der Waals surface area (Å²) in [5, 5.41) is 0. The van der Waals surface area contributed by atoms with Gasteiger partial charge in [-0.3, -0.25) is 0 Å². The molecule has 2 fully saturated rings. The Morgan fingerprint density at radius 1 is 0.900 bits per heavy atom. The standard InChI is InChI=1S/C29H44O/c1-3-5-7-9-24-10-14-26(15-11-24)28-18-20-29(21-19-28)27-16-12-25(13-17-27)23-30-22-8-6-4-2/h4,7,9,12-13,16-17,24,26,28-29H,2-3,5-6,8,10-11,14-15,18-23H2,1H3. The Kier molecular flexibility index (Phi) is 10.2. The monoisotopic (exact) mass is 408 g/mol. The maximum absolute atomic E-state index is 5.77. The number of hydrogen-bond donors (Lipinski definition) is 0. The third kappa shape index (κ3) is 7.41. The van der Waals surface area contributed by atoms with E-state index in [1.54, 1.807) is 5.56 Å². The minimum absolute atomic E-state index is 0.737. The average Bonchev–Trinajstić information content (AvgIpc) is 2.80. The van der Waals surface area contributed by atoms with Crippen molar-refractivity contribution in [2.24, 2.45) is 17.8 Å². The van der Waals surface area contributed by atoms with Crippen LogP contribution in [0.25, 0.3) is 0 Å². The second-order valence-electron chi connectivity index (χ2n) is 9.73. The molecule has 0 aromatic heterocycles. The molecule has 0 atom stereocenters. The molecule has 1 aromatic rings. The number of hydrogen-bond acceptors (Lipinski definition) is 1. The van der Waals surface area contributed by atoms with E-state index < -0.39 is 0 Å². The lowest BCUT2D eigenvalue weighted by atomic mass is 9.68. The zero-order chi connectivity index (χ0) is 21.0. The van der Waals surface area contributed by atoms with Crippen molar-refractivity contribution in [1.29, 1.82) is 0 Å². The molecule has 0 radical (unpaired) electrons. The van der Waals surface area contributed by atoms with E-state index in [-0.39, 0.29) is 0 Å². The molecule has 2 saturated carbocycles. The molecule has 2 aliphatic rings. The highest BCUT2D eigenvalue weighted by atomic mass is 16.5. The van der Waals surface area contributed by atoms with Crippen molar-refractivity contribution in [3.8, 4) is 0 Å². The van der Waals surface area contributed by atoms with E-state index in [1.807, 2.05) is 6.08 Å². The first-order chi connectivity index (χ1) is 14.8. The van der Waals surface area contributed by atoms with Crippen LogP contribution in [0.2, 0.25) is 0 Å². The van der Waals surface area contributed by atoms with Crippen molar-refractivity contribution in [3.63, 3.8) is 0 Å². The number of allylic oxidation sites excluding steroid dienone is 3. The zero-order valence-corrected chi connectivity index (χ0v) is 19.4. The van der Waals surface area contributed by atoms with Crippen LogP contribution in [0.4, 0.5) is 0 Å². The van der Waals surface area contributed by atoms with Crippen molar-refractivity contribution in [2.75, 3.05) is 6.61 Å². The summed E-state index contributed by atoms with van der Waals surface area (Å²) in [6.45, 7) is 7.59. The van der Waals surface area contributed by atoms with E-state index in [1.165, 1.54) is 69.8 Å². The first-order valence-corrected chi connectivity index (χ1v) is 12.7. The number of rotatable bonds is 11. The summed E-state index contributed by atoms with van der Waals surface area (Å²) in [5.74, 6) is 3.64. The van der Waals surface area contributed by atoms with Gasteiger partial charge in [-0.15, -0.1) is 6.58 Å². The largest absolute Gasteiger partial charge is 0.377 e. The van der Waals surface area contributed by atoms with Crippen LogP contribution in [0.3, 0.4) is 0 Å². The van der Waals surface area contributed by atoms with E-state index in [2.05, 4.69) is 49.9 Å². The predicted octanol–water partition coefficient (Wildman–Crippen LogP) is 8.61. The summed E-state index contributed by atoms with van der Waals surface area (Å²) in [5.41, 5.74) is 2.85. The molecule has 1 heteroatoms. The SMILES string of the molecule is C=CCCCOCc1ccc(C2CCC(C3CCC(C=CCCC)CC3)CC2)cc1. The minimum Gasteiger partial charge on any atom is -0.377 e. The van der Waals surface area contributed by atoms with Gasteiger partial charge in [0.25, 0.3) is 0 Å². The van der Waals surface area contributed by atoms with E-state index in [4.69, 9.17) is 4.74 Å². The van der Waals surface area contributed by atoms with Crippen LogP contribution in [0.15, 0.2) is 49.1 Å². The van der Waals surface area contributed by atoms with Gasteiger partial charge >= 0.3 is 0 Å². The van der Waals surface area contributed by atoms with Crippen molar-refractivity contribution in [2.45, 2.75) is 96.5 Å². The van der Waals surface area contributed by atoms with Crippen LogP contribution >= 0.6 is 0 Å². The topological polar surface area (TPSA) is 9.23 Å². The quantitative estimate of drug-likeness (QED) is 0.263. The molecule has 2 aliphatic carbocycles. The number of benzene rings is 1. The van der Waals surface area contributed by atoms with Gasteiger partial charge in [0.05, 0.1) is 6.61 Å². The molecule has 0 saturated heterocycles. The molecule has 0 heterocycles.